The van der Waals surface area contributed by atoms with Gasteiger partial charge >= 0.3 is 5.69 Å². The molecule has 0 aliphatic carbocycles. The van der Waals surface area contributed by atoms with E-state index in [1.54, 1.807) is 35.7 Å². The van der Waals surface area contributed by atoms with Crippen molar-refractivity contribution in [2.24, 2.45) is 0 Å². The fraction of sp³-hybridized carbons (Fsp3) is 0.136. The van der Waals surface area contributed by atoms with Crippen molar-refractivity contribution in [2.75, 3.05) is 5.32 Å². The van der Waals surface area contributed by atoms with Gasteiger partial charge in [0.1, 0.15) is 11.2 Å². The number of fused-ring (bicyclic) bond motifs is 1. The zero-order valence-electron chi connectivity index (χ0n) is 16.3. The predicted molar refractivity (Wildman–Crippen MR) is 121 cm³/mol. The molecule has 4 rings (SSSR count). The van der Waals surface area contributed by atoms with Crippen molar-refractivity contribution in [1.29, 1.82) is 0 Å². The summed E-state index contributed by atoms with van der Waals surface area (Å²) in [6.45, 7) is 3.68. The molecule has 0 atom stereocenters. The molecule has 30 heavy (non-hydrogen) atoms. The van der Waals surface area contributed by atoms with Gasteiger partial charge in [0.25, 0.3) is 5.56 Å². The molecule has 0 unspecified atom stereocenters. The number of benzene rings is 2. The lowest BCUT2D eigenvalue weighted by Crippen LogP contribution is -2.40. The Bertz CT molecular complexity index is 1380. The van der Waals surface area contributed by atoms with Gasteiger partial charge < -0.3 is 5.32 Å². The third kappa shape index (κ3) is 3.58. The van der Waals surface area contributed by atoms with E-state index in [0.29, 0.717) is 26.6 Å². The van der Waals surface area contributed by atoms with Crippen LogP contribution >= 0.6 is 22.9 Å². The first kappa shape index (κ1) is 20.1. The number of anilines is 1. The number of rotatable bonds is 4. The van der Waals surface area contributed by atoms with Gasteiger partial charge in [-0.25, -0.2) is 9.36 Å². The Balaban J connectivity index is 1.79. The number of carbonyl (C=O) groups is 1. The maximum absolute atomic E-state index is 13.2. The van der Waals surface area contributed by atoms with Crippen molar-refractivity contribution >= 4 is 44.7 Å². The lowest BCUT2D eigenvalue weighted by atomic mass is 10.1. The van der Waals surface area contributed by atoms with E-state index in [-0.39, 0.29) is 12.5 Å². The van der Waals surface area contributed by atoms with E-state index in [9.17, 15) is 14.4 Å². The SMILES string of the molecule is Cc1cccc(NC(=O)Cn2c(=O)n(-c3ccc(Cl)cc3)c(=O)c3sccc32)c1C. The van der Waals surface area contributed by atoms with E-state index in [1.165, 1.54) is 15.9 Å². The number of thiophene rings is 1. The van der Waals surface area contributed by atoms with Gasteiger partial charge in [0.2, 0.25) is 5.91 Å². The van der Waals surface area contributed by atoms with Crippen LogP contribution < -0.4 is 16.6 Å². The largest absolute Gasteiger partial charge is 0.336 e. The summed E-state index contributed by atoms with van der Waals surface area (Å²) in [5, 5.41) is 5.10. The Morgan fingerprint density at radius 3 is 2.53 bits per heavy atom. The number of nitrogens with zero attached hydrogens (tertiary/aromatic N) is 2. The zero-order valence-corrected chi connectivity index (χ0v) is 17.9. The molecule has 2 aromatic heterocycles. The van der Waals surface area contributed by atoms with Crippen LogP contribution in [-0.2, 0) is 11.3 Å². The molecule has 2 heterocycles. The molecule has 1 amide bonds. The zero-order chi connectivity index (χ0) is 21.4. The second kappa shape index (κ2) is 7.93. The second-order valence-corrected chi connectivity index (χ2v) is 8.27. The van der Waals surface area contributed by atoms with Crippen molar-refractivity contribution in [2.45, 2.75) is 20.4 Å². The Morgan fingerprint density at radius 2 is 1.80 bits per heavy atom. The average molecular weight is 440 g/mol. The summed E-state index contributed by atoms with van der Waals surface area (Å²) in [4.78, 5) is 38.9. The molecule has 4 aromatic rings. The third-order valence-electron chi connectivity index (χ3n) is 5.02. The van der Waals surface area contributed by atoms with E-state index < -0.39 is 11.2 Å². The quantitative estimate of drug-likeness (QED) is 0.519. The molecule has 2 aromatic carbocycles. The minimum atomic E-state index is -0.579. The predicted octanol–water partition coefficient (Wildman–Crippen LogP) is 4.12. The topological polar surface area (TPSA) is 73.1 Å². The Labute approximate surface area is 181 Å². The summed E-state index contributed by atoms with van der Waals surface area (Å²) in [5.41, 5.74) is 2.56. The Kier molecular flexibility index (Phi) is 5.32. The Hall–Kier alpha value is -3.16. The van der Waals surface area contributed by atoms with Crippen molar-refractivity contribution in [1.82, 2.24) is 9.13 Å². The minimum absolute atomic E-state index is 0.215. The number of aromatic nitrogens is 2. The molecular weight excluding hydrogens is 422 g/mol. The van der Waals surface area contributed by atoms with Gasteiger partial charge in [0, 0.05) is 10.7 Å². The number of halogens is 1. The number of nitrogens with one attached hydrogen (secondary N) is 1. The van der Waals surface area contributed by atoms with E-state index in [1.807, 2.05) is 32.0 Å². The smallest absolute Gasteiger partial charge is 0.324 e. The standard InChI is InChI=1S/C22H18ClN3O3S/c1-13-4-3-5-17(14(13)2)24-19(27)12-25-18-10-11-30-20(18)21(28)26(22(25)29)16-8-6-15(23)7-9-16/h3-11H,12H2,1-2H3,(H,24,27). The highest BCUT2D eigenvalue weighted by Gasteiger charge is 2.18. The third-order valence-corrected chi connectivity index (χ3v) is 6.16. The normalized spacial score (nSPS) is 11.0. The molecule has 0 bridgehead atoms. The first-order valence-corrected chi connectivity index (χ1v) is 10.5. The van der Waals surface area contributed by atoms with Crippen LogP contribution in [0.5, 0.6) is 0 Å². The van der Waals surface area contributed by atoms with Crippen molar-refractivity contribution < 1.29 is 4.79 Å². The van der Waals surface area contributed by atoms with E-state index in [4.69, 9.17) is 11.6 Å². The van der Waals surface area contributed by atoms with Gasteiger partial charge in [0.05, 0.1) is 11.2 Å². The van der Waals surface area contributed by atoms with Crippen LogP contribution in [0.15, 0.2) is 63.5 Å². The molecule has 0 radical (unpaired) electrons. The van der Waals surface area contributed by atoms with Crippen LogP contribution in [0.25, 0.3) is 15.9 Å². The molecule has 0 fully saturated rings. The fourth-order valence-corrected chi connectivity index (χ4v) is 4.23. The van der Waals surface area contributed by atoms with Crippen molar-refractivity contribution in [3.63, 3.8) is 0 Å². The first-order chi connectivity index (χ1) is 14.4. The van der Waals surface area contributed by atoms with Crippen molar-refractivity contribution in [3.05, 3.63) is 90.9 Å². The molecule has 8 heteroatoms. The first-order valence-electron chi connectivity index (χ1n) is 9.22. The molecule has 0 saturated heterocycles. The van der Waals surface area contributed by atoms with Crippen LogP contribution in [0.4, 0.5) is 5.69 Å². The van der Waals surface area contributed by atoms with Crippen LogP contribution in [0.1, 0.15) is 11.1 Å². The lowest BCUT2D eigenvalue weighted by Gasteiger charge is -2.14. The number of carbonyl (C=O) groups excluding carboxylic acids is 1. The molecule has 6 nitrogen and oxygen atoms in total. The van der Waals surface area contributed by atoms with Gasteiger partial charge in [-0.1, -0.05) is 23.7 Å². The second-order valence-electron chi connectivity index (χ2n) is 6.92. The Morgan fingerprint density at radius 1 is 1.07 bits per heavy atom. The van der Waals surface area contributed by atoms with Crippen molar-refractivity contribution in [3.8, 4) is 5.69 Å². The van der Waals surface area contributed by atoms with E-state index in [0.717, 1.165) is 15.7 Å². The number of aryl methyl sites for hydroxylation is 1. The van der Waals surface area contributed by atoms with Crippen LogP contribution in [0.2, 0.25) is 5.02 Å². The molecule has 0 spiro atoms. The van der Waals surface area contributed by atoms with Crippen LogP contribution in [0.3, 0.4) is 0 Å². The summed E-state index contributed by atoms with van der Waals surface area (Å²) in [6.07, 6.45) is 0. The summed E-state index contributed by atoms with van der Waals surface area (Å²) in [6, 6.07) is 13.8. The average Bonchev–Trinajstić information content (AvgIpc) is 3.20. The van der Waals surface area contributed by atoms with Gasteiger partial charge in [-0.15, -0.1) is 11.3 Å². The van der Waals surface area contributed by atoms with Gasteiger partial charge in [-0.2, -0.15) is 0 Å². The molecule has 0 aliphatic heterocycles. The van der Waals surface area contributed by atoms with Crippen LogP contribution in [-0.4, -0.2) is 15.0 Å². The molecule has 0 aliphatic rings. The maximum atomic E-state index is 13.2. The van der Waals surface area contributed by atoms with E-state index in [2.05, 4.69) is 5.32 Å². The number of hydrogen-bond acceptors (Lipinski definition) is 4. The summed E-state index contributed by atoms with van der Waals surface area (Å²) >= 11 is 7.17. The lowest BCUT2D eigenvalue weighted by molar-refractivity contribution is -0.116. The molecule has 1 N–H and O–H groups in total. The fourth-order valence-electron chi connectivity index (χ4n) is 3.28. The van der Waals surface area contributed by atoms with Crippen LogP contribution in [0, 0.1) is 13.8 Å². The highest BCUT2D eigenvalue weighted by atomic mass is 35.5. The highest BCUT2D eigenvalue weighted by Crippen LogP contribution is 2.19. The monoisotopic (exact) mass is 439 g/mol. The maximum Gasteiger partial charge on any atom is 0.336 e. The van der Waals surface area contributed by atoms with E-state index >= 15 is 0 Å². The number of hydrogen-bond donors (Lipinski definition) is 1. The van der Waals surface area contributed by atoms with Gasteiger partial charge in [0.15, 0.2) is 0 Å². The summed E-state index contributed by atoms with van der Waals surface area (Å²) in [5.74, 6) is -0.348. The summed E-state index contributed by atoms with van der Waals surface area (Å²) in [7, 11) is 0. The molecule has 152 valence electrons. The number of amides is 1. The molecule has 0 saturated carbocycles. The minimum Gasteiger partial charge on any atom is -0.324 e. The highest BCUT2D eigenvalue weighted by molar-refractivity contribution is 7.17. The summed E-state index contributed by atoms with van der Waals surface area (Å²) < 4.78 is 2.80. The van der Waals surface area contributed by atoms with Gasteiger partial charge in [-0.05, 0) is 66.8 Å². The van der Waals surface area contributed by atoms with Gasteiger partial charge in [-0.3, -0.25) is 14.2 Å². The molecular formula is C22H18ClN3O3S.